The molecule has 1 saturated carbocycles. The minimum absolute atomic E-state index is 0.304. The highest BCUT2D eigenvalue weighted by Gasteiger charge is 2.27. The highest BCUT2D eigenvalue weighted by atomic mass is 32.2. The molecule has 5 rings (SSSR count). The van der Waals surface area contributed by atoms with Crippen LogP contribution in [0.25, 0.3) is 27.7 Å². The molecule has 0 saturated heterocycles. The molecule has 0 atom stereocenters. The van der Waals surface area contributed by atoms with E-state index in [2.05, 4.69) is 46.0 Å². The Hall–Kier alpha value is -3.06. The number of rotatable bonds is 6. The van der Waals surface area contributed by atoms with Crippen LogP contribution in [0, 0.1) is 0 Å². The summed E-state index contributed by atoms with van der Waals surface area (Å²) in [6.45, 7) is 2.14. The second-order valence-electron chi connectivity index (χ2n) is 8.56. The Morgan fingerprint density at radius 2 is 1.84 bits per heavy atom. The fourth-order valence-electron chi connectivity index (χ4n) is 4.49. The summed E-state index contributed by atoms with van der Waals surface area (Å²) in [5.74, 6) is 0. The summed E-state index contributed by atoms with van der Waals surface area (Å²) in [5.41, 5.74) is 5.78. The smallest absolute Gasteiger partial charge is 0.235 e. The second kappa shape index (κ2) is 8.47. The number of anilines is 1. The van der Waals surface area contributed by atoms with Crippen LogP contribution in [0.2, 0.25) is 0 Å². The molecule has 0 spiro atoms. The van der Waals surface area contributed by atoms with Gasteiger partial charge in [0.15, 0.2) is 0 Å². The maximum Gasteiger partial charge on any atom is 0.235 e. The average Bonchev–Trinajstić information content (AvgIpc) is 3.47. The predicted molar refractivity (Wildman–Crippen MR) is 130 cm³/mol. The number of hydrogen-bond acceptors (Lipinski definition) is 3. The Bertz CT molecular complexity index is 1330. The van der Waals surface area contributed by atoms with Gasteiger partial charge in [-0.05, 0) is 54.7 Å². The summed E-state index contributed by atoms with van der Waals surface area (Å²) >= 11 is 0. The molecule has 0 unspecified atom stereocenters. The lowest BCUT2D eigenvalue weighted by atomic mass is 10.0. The van der Waals surface area contributed by atoms with Crippen LogP contribution in [0.5, 0.6) is 0 Å². The van der Waals surface area contributed by atoms with E-state index in [1.165, 1.54) is 5.56 Å². The summed E-state index contributed by atoms with van der Waals surface area (Å²) < 4.78 is 30.6. The topological polar surface area (TPSA) is 79.8 Å². The van der Waals surface area contributed by atoms with Gasteiger partial charge in [-0.25, -0.2) is 13.1 Å². The van der Waals surface area contributed by atoms with Gasteiger partial charge >= 0.3 is 0 Å². The van der Waals surface area contributed by atoms with Crippen LogP contribution >= 0.6 is 0 Å². The Morgan fingerprint density at radius 3 is 2.59 bits per heavy atom. The maximum absolute atomic E-state index is 12.9. The molecule has 2 aromatic heterocycles. The van der Waals surface area contributed by atoms with Crippen molar-refractivity contribution in [3.63, 3.8) is 0 Å². The fraction of sp³-hybridized carbons (Fsp3) is 0.320. The molecule has 2 heterocycles. The van der Waals surface area contributed by atoms with Gasteiger partial charge in [0.05, 0.1) is 22.8 Å². The van der Waals surface area contributed by atoms with Gasteiger partial charge in [-0.2, -0.15) is 5.10 Å². The molecule has 1 aliphatic carbocycles. The van der Waals surface area contributed by atoms with E-state index in [0.717, 1.165) is 66.2 Å². The molecule has 1 fully saturated rings. The Balaban J connectivity index is 1.43. The normalized spacial score (nSPS) is 15.3. The van der Waals surface area contributed by atoms with E-state index in [9.17, 15) is 8.42 Å². The van der Waals surface area contributed by atoms with Gasteiger partial charge in [-0.1, -0.05) is 44.4 Å². The Kier molecular flexibility index (Phi) is 5.51. The Morgan fingerprint density at radius 1 is 1.06 bits per heavy atom. The highest BCUT2D eigenvalue weighted by molar-refractivity contribution is 7.93. The summed E-state index contributed by atoms with van der Waals surface area (Å²) in [4.78, 5) is 3.19. The lowest BCUT2D eigenvalue weighted by molar-refractivity contribution is 0.486. The molecule has 6 nitrogen and oxygen atoms in total. The first-order chi connectivity index (χ1) is 15.5. The van der Waals surface area contributed by atoms with E-state index in [1.54, 1.807) is 6.20 Å². The number of fused-ring (bicyclic) bond motifs is 1. The van der Waals surface area contributed by atoms with Crippen LogP contribution in [-0.2, 0) is 16.4 Å². The van der Waals surface area contributed by atoms with Gasteiger partial charge in [0, 0.05) is 28.9 Å². The van der Waals surface area contributed by atoms with Crippen LogP contribution < -0.4 is 4.72 Å². The number of aryl methyl sites for hydroxylation is 1. The van der Waals surface area contributed by atoms with Crippen LogP contribution in [0.4, 0.5) is 5.69 Å². The molecule has 0 bridgehead atoms. The molecule has 0 radical (unpaired) electrons. The average molecular weight is 449 g/mol. The van der Waals surface area contributed by atoms with Gasteiger partial charge in [-0.15, -0.1) is 0 Å². The minimum atomic E-state index is -3.40. The van der Waals surface area contributed by atoms with E-state index < -0.39 is 10.0 Å². The van der Waals surface area contributed by atoms with Gasteiger partial charge in [0.25, 0.3) is 0 Å². The summed E-state index contributed by atoms with van der Waals surface area (Å²) in [7, 11) is -3.40. The molecular formula is C25H28N4O2S. The largest absolute Gasteiger partial charge is 0.359 e. The summed E-state index contributed by atoms with van der Waals surface area (Å²) in [6.07, 6.45) is 11.2. The number of nitrogens with one attached hydrogen (secondary N) is 2. The monoisotopic (exact) mass is 448 g/mol. The highest BCUT2D eigenvalue weighted by Crippen LogP contribution is 2.32. The molecule has 0 aliphatic heterocycles. The summed E-state index contributed by atoms with van der Waals surface area (Å²) in [6, 6.07) is 14.4. The number of aromatic amines is 1. The van der Waals surface area contributed by atoms with E-state index >= 15 is 0 Å². The molecule has 2 N–H and O–H groups in total. The summed E-state index contributed by atoms with van der Waals surface area (Å²) in [5, 5.41) is 5.09. The van der Waals surface area contributed by atoms with Crippen molar-refractivity contribution in [1.29, 1.82) is 0 Å². The molecule has 32 heavy (non-hydrogen) atoms. The third-order valence-electron chi connectivity index (χ3n) is 6.45. The zero-order chi connectivity index (χ0) is 22.1. The fourth-order valence-corrected chi connectivity index (χ4v) is 6.09. The standard InChI is InChI=1S/C25H28N4O2S/c1-2-18-8-11-21(12-9-18)29-17-20(15-27-29)19-10-13-24-23(14-19)25(16-26-24)28-32(30,31)22-6-4-3-5-7-22/h8-17,22,26,28H,2-7H2,1H3. The number of benzene rings is 2. The van der Waals surface area contributed by atoms with Crippen molar-refractivity contribution in [3.05, 3.63) is 66.6 Å². The zero-order valence-corrected chi connectivity index (χ0v) is 19.0. The molecule has 166 valence electrons. The first-order valence-electron chi connectivity index (χ1n) is 11.3. The molecule has 2 aromatic carbocycles. The lowest BCUT2D eigenvalue weighted by Crippen LogP contribution is -2.29. The van der Waals surface area contributed by atoms with Gasteiger partial charge in [0.2, 0.25) is 10.0 Å². The van der Waals surface area contributed by atoms with Crippen LogP contribution in [0.15, 0.2) is 61.1 Å². The minimum Gasteiger partial charge on any atom is -0.359 e. The van der Waals surface area contributed by atoms with Crippen LogP contribution in [0.3, 0.4) is 0 Å². The van der Waals surface area contributed by atoms with Crippen molar-refractivity contribution in [3.8, 4) is 16.8 Å². The van der Waals surface area contributed by atoms with Crippen molar-refractivity contribution < 1.29 is 8.42 Å². The number of aromatic nitrogens is 3. The quantitative estimate of drug-likeness (QED) is 0.400. The molecule has 0 amide bonds. The third kappa shape index (κ3) is 4.05. The number of H-pyrrole nitrogens is 1. The number of sulfonamides is 1. The van der Waals surface area contributed by atoms with Gasteiger partial charge < -0.3 is 4.98 Å². The molecular weight excluding hydrogens is 420 g/mol. The number of hydrogen-bond donors (Lipinski definition) is 2. The van der Waals surface area contributed by atoms with Gasteiger partial charge in [-0.3, -0.25) is 4.72 Å². The SMILES string of the molecule is CCc1ccc(-n2cc(-c3ccc4[nH]cc(NS(=O)(=O)C5CCCCC5)c4c3)cn2)cc1. The first kappa shape index (κ1) is 20.8. The predicted octanol–water partition coefficient (Wildman–Crippen LogP) is 5.66. The van der Waals surface area contributed by atoms with E-state index in [4.69, 9.17) is 0 Å². The number of nitrogens with zero attached hydrogens (tertiary/aromatic N) is 2. The molecule has 7 heteroatoms. The van der Waals surface area contributed by atoms with Crippen LogP contribution in [0.1, 0.15) is 44.6 Å². The second-order valence-corrected chi connectivity index (χ2v) is 10.5. The zero-order valence-electron chi connectivity index (χ0n) is 18.2. The van der Waals surface area contributed by atoms with E-state index in [0.29, 0.717) is 5.69 Å². The Labute approximate surface area is 188 Å². The van der Waals surface area contributed by atoms with Crippen LogP contribution in [-0.4, -0.2) is 28.4 Å². The third-order valence-corrected chi connectivity index (χ3v) is 8.30. The van der Waals surface area contributed by atoms with E-state index in [1.807, 2.05) is 35.3 Å². The maximum atomic E-state index is 12.9. The molecule has 4 aromatic rings. The van der Waals surface area contributed by atoms with Gasteiger partial charge in [0.1, 0.15) is 0 Å². The van der Waals surface area contributed by atoms with Crippen molar-refractivity contribution in [2.45, 2.75) is 50.7 Å². The van der Waals surface area contributed by atoms with Crippen molar-refractivity contribution in [2.75, 3.05) is 4.72 Å². The first-order valence-corrected chi connectivity index (χ1v) is 12.9. The van der Waals surface area contributed by atoms with E-state index in [-0.39, 0.29) is 5.25 Å². The van der Waals surface area contributed by atoms with Crippen molar-refractivity contribution in [1.82, 2.24) is 14.8 Å². The van der Waals surface area contributed by atoms with Crippen molar-refractivity contribution in [2.24, 2.45) is 0 Å². The molecule has 1 aliphatic rings. The van der Waals surface area contributed by atoms with Crippen molar-refractivity contribution >= 4 is 26.6 Å². The lowest BCUT2D eigenvalue weighted by Gasteiger charge is -2.22.